The van der Waals surface area contributed by atoms with Crippen molar-refractivity contribution in [3.05, 3.63) is 46.5 Å². The number of methoxy groups -OCH3 is 1. The Hall–Kier alpha value is -1.86. The molecule has 0 aliphatic carbocycles. The predicted molar refractivity (Wildman–Crippen MR) is 109 cm³/mol. The summed E-state index contributed by atoms with van der Waals surface area (Å²) in [5.74, 6) is 1.35. The van der Waals surface area contributed by atoms with Gasteiger partial charge in [0.15, 0.2) is 0 Å². The number of aromatic nitrogens is 2. The zero-order chi connectivity index (χ0) is 19.9. The van der Waals surface area contributed by atoms with Crippen LogP contribution in [-0.4, -0.2) is 41.7 Å². The van der Waals surface area contributed by atoms with Gasteiger partial charge in [-0.25, -0.2) is 14.4 Å². The van der Waals surface area contributed by atoms with Crippen LogP contribution in [0.15, 0.2) is 18.2 Å². The quantitative estimate of drug-likeness (QED) is 0.774. The van der Waals surface area contributed by atoms with Crippen molar-refractivity contribution < 1.29 is 13.9 Å². The Kier molecular flexibility index (Phi) is 5.22. The van der Waals surface area contributed by atoms with Gasteiger partial charge < -0.3 is 9.47 Å². The van der Waals surface area contributed by atoms with Crippen LogP contribution in [-0.2, 0) is 17.7 Å². The Morgan fingerprint density at radius 2 is 2.18 bits per heavy atom. The number of likely N-dealkylation sites (tertiary alicyclic amines) is 1. The van der Waals surface area contributed by atoms with E-state index in [0.717, 1.165) is 37.2 Å². The van der Waals surface area contributed by atoms with E-state index < -0.39 is 4.87 Å². The van der Waals surface area contributed by atoms with Gasteiger partial charge in [-0.2, -0.15) is 12.6 Å². The molecule has 0 amide bonds. The first-order chi connectivity index (χ1) is 13.4. The summed E-state index contributed by atoms with van der Waals surface area (Å²) < 4.78 is 25.6. The maximum Gasteiger partial charge on any atom is 0.217 e. The lowest BCUT2D eigenvalue weighted by Crippen LogP contribution is -2.39. The first-order valence-electron chi connectivity index (χ1n) is 9.68. The Morgan fingerprint density at radius 1 is 1.36 bits per heavy atom. The van der Waals surface area contributed by atoms with Gasteiger partial charge in [0.1, 0.15) is 16.4 Å². The summed E-state index contributed by atoms with van der Waals surface area (Å²) in [7, 11) is 1.64. The Labute approximate surface area is 170 Å². The molecule has 5 nitrogen and oxygen atoms in total. The number of aryl methyl sites for hydroxylation is 1. The minimum atomic E-state index is -0.786. The molecule has 2 aliphatic heterocycles. The molecule has 0 unspecified atom stereocenters. The van der Waals surface area contributed by atoms with Crippen LogP contribution in [0.2, 0.25) is 0 Å². The number of fused-ring (bicyclic) bond motifs is 1. The van der Waals surface area contributed by atoms with E-state index in [1.165, 1.54) is 5.56 Å². The number of hydrogen-bond donors (Lipinski definition) is 1. The highest BCUT2D eigenvalue weighted by molar-refractivity contribution is 7.81. The monoisotopic (exact) mass is 403 g/mol. The smallest absolute Gasteiger partial charge is 0.217 e. The van der Waals surface area contributed by atoms with Crippen molar-refractivity contribution in [2.24, 2.45) is 5.92 Å². The van der Waals surface area contributed by atoms with Gasteiger partial charge in [0.25, 0.3) is 0 Å². The van der Waals surface area contributed by atoms with Gasteiger partial charge in [-0.05, 0) is 50.3 Å². The number of hydrogen-bond acceptors (Lipinski definition) is 6. The largest absolute Gasteiger partial charge is 0.481 e. The van der Waals surface area contributed by atoms with Crippen LogP contribution >= 0.6 is 12.6 Å². The van der Waals surface area contributed by atoms with Crippen LogP contribution in [0.1, 0.15) is 35.9 Å². The van der Waals surface area contributed by atoms with Gasteiger partial charge in [-0.3, -0.25) is 4.90 Å². The van der Waals surface area contributed by atoms with Crippen molar-refractivity contribution >= 4 is 12.6 Å². The first kappa shape index (κ1) is 19.5. The molecule has 28 heavy (non-hydrogen) atoms. The molecule has 0 bridgehead atoms. The van der Waals surface area contributed by atoms with Crippen LogP contribution in [0.25, 0.3) is 0 Å². The van der Waals surface area contributed by atoms with Gasteiger partial charge >= 0.3 is 0 Å². The highest BCUT2D eigenvalue weighted by Crippen LogP contribution is 2.39. The molecule has 1 fully saturated rings. The third kappa shape index (κ3) is 3.70. The molecule has 0 spiro atoms. The average Bonchev–Trinajstić information content (AvgIpc) is 3.29. The highest BCUT2D eigenvalue weighted by atomic mass is 32.1. The molecule has 0 saturated carbocycles. The summed E-state index contributed by atoms with van der Waals surface area (Å²) in [5.41, 5.74) is 3.35. The minimum absolute atomic E-state index is 0.306. The molecule has 4 rings (SSSR count). The van der Waals surface area contributed by atoms with Crippen LogP contribution < -0.4 is 9.47 Å². The molecule has 2 aromatic rings. The van der Waals surface area contributed by atoms with Crippen molar-refractivity contribution in [1.29, 1.82) is 0 Å². The summed E-state index contributed by atoms with van der Waals surface area (Å²) in [5, 5.41) is 0. The van der Waals surface area contributed by atoms with E-state index in [1.54, 1.807) is 13.2 Å². The molecule has 1 saturated heterocycles. The number of thiol groups is 1. The van der Waals surface area contributed by atoms with Gasteiger partial charge in [0.05, 0.1) is 13.7 Å². The van der Waals surface area contributed by atoms with Crippen molar-refractivity contribution in [1.82, 2.24) is 14.9 Å². The molecule has 150 valence electrons. The van der Waals surface area contributed by atoms with Crippen LogP contribution in [0, 0.1) is 18.7 Å². The standard InChI is InChI=1S/C21H26FN3O2S/c1-13-8-15(10-18(23-13)26-3)9-14-4-6-25(12-14)21(2,28)19-17(22)11-16-5-7-27-20(16)24-19/h8,10-11,14,28H,4-7,9,12H2,1-3H3/t14-,21+/m1/s1. The molecular weight excluding hydrogens is 377 g/mol. The SMILES string of the molecule is COc1cc(C[C@H]2CCN([C@@](C)(S)c3nc4c(cc3F)CCO4)C2)cc(C)n1. The summed E-state index contributed by atoms with van der Waals surface area (Å²) in [6.45, 7) is 6.15. The minimum Gasteiger partial charge on any atom is -0.481 e. The van der Waals surface area contributed by atoms with Crippen molar-refractivity contribution in [2.75, 3.05) is 26.8 Å². The molecule has 0 radical (unpaired) electrons. The fraction of sp³-hybridized carbons (Fsp3) is 0.524. The molecule has 2 aliphatic rings. The van der Waals surface area contributed by atoms with Crippen LogP contribution in [0.4, 0.5) is 4.39 Å². The number of pyridine rings is 2. The maximum absolute atomic E-state index is 14.8. The molecule has 2 aromatic heterocycles. The molecule has 4 heterocycles. The molecular formula is C21H26FN3O2S. The van der Waals surface area contributed by atoms with Crippen LogP contribution in [0.5, 0.6) is 11.8 Å². The second-order valence-electron chi connectivity index (χ2n) is 7.87. The normalized spacial score (nSPS) is 21.2. The second kappa shape index (κ2) is 7.52. The zero-order valence-electron chi connectivity index (χ0n) is 16.5. The molecule has 0 aromatic carbocycles. The molecule has 0 N–H and O–H groups in total. The third-order valence-corrected chi connectivity index (χ3v) is 6.19. The van der Waals surface area contributed by atoms with Crippen molar-refractivity contribution in [3.63, 3.8) is 0 Å². The highest BCUT2D eigenvalue weighted by Gasteiger charge is 2.39. The van der Waals surface area contributed by atoms with E-state index >= 15 is 0 Å². The Morgan fingerprint density at radius 3 is 2.96 bits per heavy atom. The summed E-state index contributed by atoms with van der Waals surface area (Å²) in [4.78, 5) is 10.2. The number of ether oxygens (including phenoxy) is 2. The van der Waals surface area contributed by atoms with E-state index in [2.05, 4.69) is 20.9 Å². The van der Waals surface area contributed by atoms with E-state index in [9.17, 15) is 4.39 Å². The van der Waals surface area contributed by atoms with Gasteiger partial charge in [-0.15, -0.1) is 0 Å². The second-order valence-corrected chi connectivity index (χ2v) is 8.74. The van der Waals surface area contributed by atoms with E-state index in [0.29, 0.717) is 36.4 Å². The topological polar surface area (TPSA) is 47.5 Å². The average molecular weight is 404 g/mol. The lowest BCUT2D eigenvalue weighted by atomic mass is 9.99. The van der Waals surface area contributed by atoms with Crippen LogP contribution in [0.3, 0.4) is 0 Å². The fourth-order valence-corrected chi connectivity index (χ4v) is 4.55. The van der Waals surface area contributed by atoms with E-state index in [-0.39, 0.29) is 5.82 Å². The van der Waals surface area contributed by atoms with E-state index in [1.807, 2.05) is 19.9 Å². The predicted octanol–water partition coefficient (Wildman–Crippen LogP) is 3.53. The summed E-state index contributed by atoms with van der Waals surface area (Å²) in [6.07, 6.45) is 2.68. The zero-order valence-corrected chi connectivity index (χ0v) is 17.4. The lowest BCUT2D eigenvalue weighted by molar-refractivity contribution is 0.210. The van der Waals surface area contributed by atoms with Gasteiger partial charge in [0.2, 0.25) is 11.8 Å². The maximum atomic E-state index is 14.8. The third-order valence-electron chi connectivity index (χ3n) is 5.70. The van der Waals surface area contributed by atoms with E-state index in [4.69, 9.17) is 22.1 Å². The molecule has 7 heteroatoms. The summed E-state index contributed by atoms with van der Waals surface area (Å²) >= 11 is 4.83. The van der Waals surface area contributed by atoms with Gasteiger partial charge in [0, 0.05) is 36.8 Å². The van der Waals surface area contributed by atoms with Crippen molar-refractivity contribution in [3.8, 4) is 11.8 Å². The first-order valence-corrected chi connectivity index (χ1v) is 10.1. The number of nitrogens with zero attached hydrogens (tertiary/aromatic N) is 3. The summed E-state index contributed by atoms with van der Waals surface area (Å²) in [6, 6.07) is 5.65. The number of halogens is 1. The van der Waals surface area contributed by atoms with Crippen molar-refractivity contribution in [2.45, 2.75) is 38.0 Å². The molecule has 2 atom stereocenters. The Balaban J connectivity index is 1.50. The number of rotatable bonds is 5. The Bertz CT molecular complexity index is 890. The fourth-order valence-electron chi connectivity index (χ4n) is 4.21. The van der Waals surface area contributed by atoms with Gasteiger partial charge in [-0.1, -0.05) is 0 Å². The lowest BCUT2D eigenvalue weighted by Gasteiger charge is -2.34.